The quantitative estimate of drug-likeness (QED) is 0.339. The number of nitrogens with zero attached hydrogens (tertiary/aromatic N) is 1. The standard InChI is InChI=1S/C13H13N3O3S/c14-15-13-9(2-1-3-12(13)16(18)19)8-20-11-6-4-10(17)5-7-11/h1-7,15,17H,8,14H2. The second-order valence-electron chi connectivity index (χ2n) is 4.00. The minimum absolute atomic E-state index is 0.0451. The normalized spacial score (nSPS) is 10.2. The van der Waals surface area contributed by atoms with Crippen LogP contribution in [-0.4, -0.2) is 10.0 Å². The van der Waals surface area contributed by atoms with Crippen LogP contribution in [0.1, 0.15) is 5.56 Å². The van der Waals surface area contributed by atoms with E-state index in [-0.39, 0.29) is 11.4 Å². The second-order valence-corrected chi connectivity index (χ2v) is 5.04. The van der Waals surface area contributed by atoms with Gasteiger partial charge in [-0.2, -0.15) is 0 Å². The molecule has 0 fully saturated rings. The Morgan fingerprint density at radius 3 is 2.55 bits per heavy atom. The molecule has 6 nitrogen and oxygen atoms in total. The number of nitro groups is 1. The van der Waals surface area contributed by atoms with Gasteiger partial charge in [0.1, 0.15) is 11.4 Å². The van der Waals surface area contributed by atoms with Gasteiger partial charge >= 0.3 is 0 Å². The van der Waals surface area contributed by atoms with E-state index in [2.05, 4.69) is 5.43 Å². The van der Waals surface area contributed by atoms with Crippen molar-refractivity contribution in [1.29, 1.82) is 0 Å². The van der Waals surface area contributed by atoms with Gasteiger partial charge in [-0.1, -0.05) is 12.1 Å². The average Bonchev–Trinajstić information content (AvgIpc) is 2.46. The first-order valence-corrected chi connectivity index (χ1v) is 6.75. The van der Waals surface area contributed by atoms with Crippen LogP contribution < -0.4 is 11.3 Å². The van der Waals surface area contributed by atoms with Gasteiger partial charge < -0.3 is 10.5 Å². The molecule has 0 saturated heterocycles. The fraction of sp³-hybridized carbons (Fsp3) is 0.0769. The lowest BCUT2D eigenvalue weighted by molar-refractivity contribution is -0.384. The number of nitro benzene ring substituents is 1. The maximum atomic E-state index is 10.9. The topological polar surface area (TPSA) is 101 Å². The van der Waals surface area contributed by atoms with Crippen molar-refractivity contribution < 1.29 is 10.0 Å². The smallest absolute Gasteiger partial charge is 0.293 e. The molecule has 0 aliphatic heterocycles. The van der Waals surface area contributed by atoms with Gasteiger partial charge in [0.2, 0.25) is 0 Å². The van der Waals surface area contributed by atoms with E-state index in [1.54, 1.807) is 36.4 Å². The fourth-order valence-corrected chi connectivity index (χ4v) is 2.62. The number of phenolic OH excluding ortho intramolecular Hbond substituents is 1. The van der Waals surface area contributed by atoms with Gasteiger partial charge in [-0.25, -0.2) is 0 Å². The molecule has 0 atom stereocenters. The third-order valence-electron chi connectivity index (χ3n) is 2.70. The Labute approximate surface area is 119 Å². The molecule has 0 aliphatic rings. The molecule has 4 N–H and O–H groups in total. The highest BCUT2D eigenvalue weighted by atomic mass is 32.2. The summed E-state index contributed by atoms with van der Waals surface area (Å²) in [6, 6.07) is 11.6. The Bertz CT molecular complexity index is 617. The molecule has 0 unspecified atom stereocenters. The van der Waals surface area contributed by atoms with Crippen LogP contribution in [-0.2, 0) is 5.75 Å². The van der Waals surface area contributed by atoms with E-state index in [9.17, 15) is 15.2 Å². The van der Waals surface area contributed by atoms with Gasteiger partial charge in [0.25, 0.3) is 5.69 Å². The number of nitrogens with two attached hydrogens (primary N) is 1. The lowest BCUT2D eigenvalue weighted by Crippen LogP contribution is -2.11. The Morgan fingerprint density at radius 2 is 1.95 bits per heavy atom. The number of nitrogen functional groups attached to an aromatic ring is 1. The van der Waals surface area contributed by atoms with Gasteiger partial charge in [-0.05, 0) is 29.8 Å². The summed E-state index contributed by atoms with van der Waals surface area (Å²) in [4.78, 5) is 11.4. The monoisotopic (exact) mass is 291 g/mol. The summed E-state index contributed by atoms with van der Waals surface area (Å²) in [6.07, 6.45) is 0. The number of thioether (sulfide) groups is 1. The SMILES string of the molecule is NNc1c(CSc2ccc(O)cc2)cccc1[N+](=O)[O-]. The number of hydrazine groups is 1. The zero-order valence-corrected chi connectivity index (χ0v) is 11.3. The molecule has 0 saturated carbocycles. The van der Waals surface area contributed by atoms with E-state index in [4.69, 9.17) is 5.84 Å². The number of hydrogen-bond donors (Lipinski definition) is 3. The van der Waals surface area contributed by atoms with Gasteiger partial charge in [0.15, 0.2) is 0 Å². The van der Waals surface area contributed by atoms with Gasteiger partial charge in [0.05, 0.1) is 4.92 Å². The van der Waals surface area contributed by atoms with Crippen molar-refractivity contribution in [3.63, 3.8) is 0 Å². The molecule has 20 heavy (non-hydrogen) atoms. The van der Waals surface area contributed by atoms with Crippen LogP contribution in [0.3, 0.4) is 0 Å². The second kappa shape index (κ2) is 6.27. The molecule has 2 aromatic carbocycles. The number of hydrogen-bond acceptors (Lipinski definition) is 6. The molecule has 2 rings (SSSR count). The fourth-order valence-electron chi connectivity index (χ4n) is 1.73. The van der Waals surface area contributed by atoms with Crippen LogP contribution in [0, 0.1) is 10.1 Å². The van der Waals surface area contributed by atoms with Crippen molar-refractivity contribution in [3.05, 3.63) is 58.1 Å². The number of rotatable bonds is 5. The van der Waals surface area contributed by atoms with Crippen molar-refractivity contribution in [3.8, 4) is 5.75 Å². The van der Waals surface area contributed by atoms with E-state index in [0.29, 0.717) is 11.4 Å². The third-order valence-corrected chi connectivity index (χ3v) is 3.76. The highest BCUT2D eigenvalue weighted by Gasteiger charge is 2.16. The Morgan fingerprint density at radius 1 is 1.25 bits per heavy atom. The number of benzene rings is 2. The molecule has 0 spiro atoms. The number of para-hydroxylation sites is 1. The van der Waals surface area contributed by atoms with Crippen molar-refractivity contribution >= 4 is 23.1 Å². The molecule has 0 heterocycles. The van der Waals surface area contributed by atoms with Gasteiger partial charge in [-0.15, -0.1) is 11.8 Å². The first kappa shape index (κ1) is 14.2. The van der Waals surface area contributed by atoms with E-state index < -0.39 is 4.92 Å². The molecule has 0 aliphatic carbocycles. The Kier molecular flexibility index (Phi) is 4.44. The van der Waals surface area contributed by atoms with E-state index in [0.717, 1.165) is 10.5 Å². The summed E-state index contributed by atoms with van der Waals surface area (Å²) >= 11 is 1.50. The zero-order chi connectivity index (χ0) is 14.5. The van der Waals surface area contributed by atoms with E-state index >= 15 is 0 Å². The Hall–Kier alpha value is -2.25. The summed E-state index contributed by atoms with van der Waals surface area (Å²) < 4.78 is 0. The molecule has 7 heteroatoms. The number of phenols is 1. The highest BCUT2D eigenvalue weighted by Crippen LogP contribution is 2.32. The van der Waals surface area contributed by atoms with Crippen molar-refractivity contribution in [2.45, 2.75) is 10.6 Å². The summed E-state index contributed by atoms with van der Waals surface area (Å²) in [6.45, 7) is 0. The lowest BCUT2D eigenvalue weighted by atomic mass is 10.2. The van der Waals surface area contributed by atoms with Crippen LogP contribution >= 0.6 is 11.8 Å². The summed E-state index contributed by atoms with van der Waals surface area (Å²) in [5.41, 5.74) is 3.42. The van der Waals surface area contributed by atoms with Gasteiger partial charge in [-0.3, -0.25) is 16.0 Å². The molecule has 0 amide bonds. The number of anilines is 1. The zero-order valence-electron chi connectivity index (χ0n) is 10.4. The molecular weight excluding hydrogens is 278 g/mol. The van der Waals surface area contributed by atoms with Crippen molar-refractivity contribution in [2.24, 2.45) is 5.84 Å². The third kappa shape index (κ3) is 3.19. The molecule has 104 valence electrons. The van der Waals surface area contributed by atoms with E-state index in [1.807, 2.05) is 0 Å². The molecule has 0 radical (unpaired) electrons. The lowest BCUT2D eigenvalue weighted by Gasteiger charge is -2.09. The maximum Gasteiger partial charge on any atom is 0.293 e. The maximum absolute atomic E-state index is 10.9. The highest BCUT2D eigenvalue weighted by molar-refractivity contribution is 7.98. The average molecular weight is 291 g/mol. The van der Waals surface area contributed by atoms with Crippen molar-refractivity contribution in [1.82, 2.24) is 0 Å². The van der Waals surface area contributed by atoms with Crippen LogP contribution in [0.5, 0.6) is 5.75 Å². The minimum Gasteiger partial charge on any atom is -0.508 e. The molecule has 0 bridgehead atoms. The van der Waals surface area contributed by atoms with Crippen LogP contribution in [0.25, 0.3) is 0 Å². The summed E-state index contributed by atoms with van der Waals surface area (Å²) in [7, 11) is 0. The first-order valence-electron chi connectivity index (χ1n) is 5.76. The number of aromatic hydroxyl groups is 1. The number of nitrogens with one attached hydrogen (secondary N) is 1. The Balaban J connectivity index is 2.19. The molecule has 2 aromatic rings. The van der Waals surface area contributed by atoms with Gasteiger partial charge in [0, 0.05) is 16.7 Å². The summed E-state index contributed by atoms with van der Waals surface area (Å²) in [5.74, 6) is 6.12. The van der Waals surface area contributed by atoms with Crippen LogP contribution in [0.15, 0.2) is 47.4 Å². The largest absolute Gasteiger partial charge is 0.508 e. The van der Waals surface area contributed by atoms with Crippen molar-refractivity contribution in [2.75, 3.05) is 5.43 Å². The molecule has 0 aromatic heterocycles. The molecular formula is C13H13N3O3S. The predicted molar refractivity (Wildman–Crippen MR) is 78.6 cm³/mol. The van der Waals surface area contributed by atoms with Crippen LogP contribution in [0.2, 0.25) is 0 Å². The van der Waals surface area contributed by atoms with Crippen LogP contribution in [0.4, 0.5) is 11.4 Å². The predicted octanol–water partition coefficient (Wildman–Crippen LogP) is 2.88. The minimum atomic E-state index is -0.468. The first-order chi connectivity index (χ1) is 9.61. The van der Waals surface area contributed by atoms with E-state index in [1.165, 1.54) is 17.8 Å². The summed E-state index contributed by atoms with van der Waals surface area (Å²) in [5, 5.41) is 20.1.